The van der Waals surface area contributed by atoms with Gasteiger partial charge in [-0.3, -0.25) is 9.59 Å². The van der Waals surface area contributed by atoms with Gasteiger partial charge < -0.3 is 10.8 Å². The third kappa shape index (κ3) is 7.58. The van der Waals surface area contributed by atoms with Crippen molar-refractivity contribution in [2.45, 2.75) is 39.5 Å². The number of rotatable bonds is 7. The van der Waals surface area contributed by atoms with Crippen LogP contribution in [-0.4, -0.2) is 17.0 Å². The maximum absolute atomic E-state index is 10.6. The van der Waals surface area contributed by atoms with Gasteiger partial charge in [-0.2, -0.15) is 0 Å². The number of carboxylic acid groups (broad SMARTS) is 1. The molecule has 4 nitrogen and oxygen atoms in total. The normalized spacial score (nSPS) is 12.8. The topological polar surface area (TPSA) is 80.4 Å². The van der Waals surface area contributed by atoms with Crippen molar-refractivity contribution in [3.63, 3.8) is 0 Å². The minimum absolute atomic E-state index is 0.0694. The van der Waals surface area contributed by atoms with E-state index in [9.17, 15) is 9.59 Å². The number of hydrogen-bond acceptors (Lipinski definition) is 2. The summed E-state index contributed by atoms with van der Waals surface area (Å²) in [6, 6.07) is 0. The van der Waals surface area contributed by atoms with E-state index in [2.05, 4.69) is 0 Å². The summed E-state index contributed by atoms with van der Waals surface area (Å²) in [5.74, 6) is -0.642. The van der Waals surface area contributed by atoms with Crippen LogP contribution in [0.15, 0.2) is 0 Å². The summed E-state index contributed by atoms with van der Waals surface area (Å²) >= 11 is 0. The summed E-state index contributed by atoms with van der Waals surface area (Å²) in [7, 11) is 0. The Bertz CT molecular complexity index is 202. The molecule has 4 heteroatoms. The zero-order chi connectivity index (χ0) is 11.1. The highest BCUT2D eigenvalue weighted by Gasteiger charge is 2.15. The Morgan fingerprint density at radius 1 is 1.36 bits per heavy atom. The standard InChI is InChI=1S/C10H19NO3/c1-7(2)5-8(6-10(13)14)3-4-9(11)12/h7-8H,3-6H2,1-2H3,(H2,11,12)(H,13,14)/t8-/m0/s1. The maximum atomic E-state index is 10.6. The molecule has 0 radical (unpaired) electrons. The van der Waals surface area contributed by atoms with Crippen LogP contribution in [0.5, 0.6) is 0 Å². The van der Waals surface area contributed by atoms with Gasteiger partial charge in [-0.05, 0) is 24.7 Å². The molecule has 0 spiro atoms. The van der Waals surface area contributed by atoms with Crippen molar-refractivity contribution in [2.24, 2.45) is 17.6 Å². The lowest BCUT2D eigenvalue weighted by Gasteiger charge is -2.15. The average molecular weight is 201 g/mol. The molecule has 0 saturated carbocycles. The third-order valence-corrected chi connectivity index (χ3v) is 2.07. The van der Waals surface area contributed by atoms with Crippen LogP contribution in [0.1, 0.15) is 39.5 Å². The molecular weight excluding hydrogens is 182 g/mol. The highest BCUT2D eigenvalue weighted by Crippen LogP contribution is 2.20. The number of amides is 1. The molecule has 14 heavy (non-hydrogen) atoms. The van der Waals surface area contributed by atoms with Crippen LogP contribution in [0.25, 0.3) is 0 Å². The fourth-order valence-corrected chi connectivity index (χ4v) is 1.56. The predicted molar refractivity (Wildman–Crippen MR) is 53.6 cm³/mol. The summed E-state index contributed by atoms with van der Waals surface area (Å²) in [6.07, 6.45) is 1.83. The molecule has 0 aromatic carbocycles. The van der Waals surface area contributed by atoms with Crippen LogP contribution < -0.4 is 5.73 Å². The number of nitrogens with two attached hydrogens (primary N) is 1. The second-order valence-corrected chi connectivity index (χ2v) is 4.10. The molecule has 0 aliphatic heterocycles. The first-order valence-corrected chi connectivity index (χ1v) is 4.92. The monoisotopic (exact) mass is 201 g/mol. The zero-order valence-corrected chi connectivity index (χ0v) is 8.82. The van der Waals surface area contributed by atoms with E-state index in [-0.39, 0.29) is 24.7 Å². The molecular formula is C10H19NO3. The van der Waals surface area contributed by atoms with Crippen molar-refractivity contribution >= 4 is 11.9 Å². The van der Waals surface area contributed by atoms with Gasteiger partial charge >= 0.3 is 5.97 Å². The Morgan fingerprint density at radius 3 is 2.29 bits per heavy atom. The SMILES string of the molecule is CC(C)C[C@H](CCC(N)=O)CC(=O)O. The lowest BCUT2D eigenvalue weighted by Crippen LogP contribution is -2.16. The molecule has 0 saturated heterocycles. The fraction of sp³-hybridized carbons (Fsp3) is 0.800. The van der Waals surface area contributed by atoms with E-state index in [1.54, 1.807) is 0 Å². The smallest absolute Gasteiger partial charge is 0.303 e. The van der Waals surface area contributed by atoms with E-state index in [0.717, 1.165) is 6.42 Å². The van der Waals surface area contributed by atoms with Crippen LogP contribution >= 0.6 is 0 Å². The summed E-state index contributed by atoms with van der Waals surface area (Å²) in [5.41, 5.74) is 5.02. The molecule has 3 N–H and O–H groups in total. The molecule has 0 aliphatic rings. The first-order valence-electron chi connectivity index (χ1n) is 4.92. The summed E-state index contributed by atoms with van der Waals surface area (Å²) in [4.78, 5) is 21.1. The molecule has 0 fully saturated rings. The van der Waals surface area contributed by atoms with Crippen molar-refractivity contribution < 1.29 is 14.7 Å². The van der Waals surface area contributed by atoms with E-state index >= 15 is 0 Å². The minimum atomic E-state index is -0.805. The van der Waals surface area contributed by atoms with Gasteiger partial charge in [0.2, 0.25) is 5.91 Å². The number of carbonyl (C=O) groups excluding carboxylic acids is 1. The number of aliphatic carboxylic acids is 1. The van der Waals surface area contributed by atoms with Crippen LogP contribution in [0.2, 0.25) is 0 Å². The van der Waals surface area contributed by atoms with Gasteiger partial charge in [0.1, 0.15) is 0 Å². The van der Waals surface area contributed by atoms with E-state index in [1.807, 2.05) is 13.8 Å². The van der Waals surface area contributed by atoms with Gasteiger partial charge in [0.15, 0.2) is 0 Å². The van der Waals surface area contributed by atoms with Crippen molar-refractivity contribution in [3.05, 3.63) is 0 Å². The summed E-state index contributed by atoms with van der Waals surface area (Å²) in [5, 5.41) is 8.65. The first kappa shape index (κ1) is 12.9. The van der Waals surface area contributed by atoms with Crippen LogP contribution in [0, 0.1) is 11.8 Å². The molecule has 0 bridgehead atoms. The van der Waals surface area contributed by atoms with Crippen molar-refractivity contribution in [1.82, 2.24) is 0 Å². The number of carbonyl (C=O) groups is 2. The number of hydrogen-bond donors (Lipinski definition) is 2. The van der Waals surface area contributed by atoms with E-state index in [4.69, 9.17) is 10.8 Å². The summed E-state index contributed by atoms with van der Waals surface area (Å²) < 4.78 is 0. The zero-order valence-electron chi connectivity index (χ0n) is 8.82. The first-order chi connectivity index (χ1) is 6.41. The second-order valence-electron chi connectivity index (χ2n) is 4.10. The molecule has 82 valence electrons. The third-order valence-electron chi connectivity index (χ3n) is 2.07. The Kier molecular flexibility index (Phi) is 5.92. The van der Waals surface area contributed by atoms with Gasteiger partial charge in [-0.1, -0.05) is 13.8 Å². The van der Waals surface area contributed by atoms with Gasteiger partial charge in [-0.25, -0.2) is 0 Å². The fourth-order valence-electron chi connectivity index (χ4n) is 1.56. The molecule has 0 unspecified atom stereocenters. The summed E-state index contributed by atoms with van der Waals surface area (Å²) in [6.45, 7) is 4.08. The highest BCUT2D eigenvalue weighted by molar-refractivity contribution is 5.73. The lowest BCUT2D eigenvalue weighted by atomic mass is 9.90. The van der Waals surface area contributed by atoms with Crippen molar-refractivity contribution in [3.8, 4) is 0 Å². The van der Waals surface area contributed by atoms with Gasteiger partial charge in [-0.15, -0.1) is 0 Å². The molecule has 1 amide bonds. The van der Waals surface area contributed by atoms with E-state index < -0.39 is 5.97 Å². The van der Waals surface area contributed by atoms with Gasteiger partial charge in [0.05, 0.1) is 0 Å². The van der Waals surface area contributed by atoms with Gasteiger partial charge in [0, 0.05) is 12.8 Å². The number of primary amides is 1. The molecule has 0 aromatic rings. The minimum Gasteiger partial charge on any atom is -0.481 e. The Labute approximate surface area is 84.5 Å². The lowest BCUT2D eigenvalue weighted by molar-refractivity contribution is -0.138. The Balaban J connectivity index is 3.96. The molecule has 1 atom stereocenters. The van der Waals surface area contributed by atoms with Crippen LogP contribution in [0.3, 0.4) is 0 Å². The predicted octanol–water partition coefficient (Wildman–Crippen LogP) is 1.39. The molecule has 0 aromatic heterocycles. The number of carboxylic acids is 1. The molecule has 0 rings (SSSR count). The van der Waals surface area contributed by atoms with Crippen LogP contribution in [0.4, 0.5) is 0 Å². The van der Waals surface area contributed by atoms with Crippen molar-refractivity contribution in [1.29, 1.82) is 0 Å². The van der Waals surface area contributed by atoms with E-state index in [1.165, 1.54) is 0 Å². The maximum Gasteiger partial charge on any atom is 0.303 e. The Morgan fingerprint density at radius 2 is 1.93 bits per heavy atom. The van der Waals surface area contributed by atoms with Gasteiger partial charge in [0.25, 0.3) is 0 Å². The van der Waals surface area contributed by atoms with Crippen LogP contribution in [-0.2, 0) is 9.59 Å². The Hall–Kier alpha value is -1.06. The van der Waals surface area contributed by atoms with Crippen molar-refractivity contribution in [2.75, 3.05) is 0 Å². The average Bonchev–Trinajstić information content (AvgIpc) is 1.97. The molecule has 0 heterocycles. The quantitative estimate of drug-likeness (QED) is 0.653. The van der Waals surface area contributed by atoms with E-state index in [0.29, 0.717) is 12.3 Å². The highest BCUT2D eigenvalue weighted by atomic mass is 16.4. The second kappa shape index (κ2) is 6.40. The molecule has 0 aliphatic carbocycles. The largest absolute Gasteiger partial charge is 0.481 e.